The number of carbonyl (C=O) groups excluding carboxylic acids is 1. The maximum absolute atomic E-state index is 11.7. The second kappa shape index (κ2) is 3.87. The maximum atomic E-state index is 11.7. The smallest absolute Gasteiger partial charge is 0.223 e. The Labute approximate surface area is 83.6 Å². The fraction of sp³-hybridized carbons (Fsp3) is 0.900. The number of aliphatic hydroxyl groups excluding tert-OH is 1. The summed E-state index contributed by atoms with van der Waals surface area (Å²) in [7, 11) is 0. The van der Waals surface area contributed by atoms with Gasteiger partial charge in [0.05, 0.1) is 18.8 Å². The van der Waals surface area contributed by atoms with Gasteiger partial charge in [0.1, 0.15) is 0 Å². The molecular weight excluding hydrogens is 182 g/mol. The van der Waals surface area contributed by atoms with Gasteiger partial charge in [0.25, 0.3) is 0 Å². The van der Waals surface area contributed by atoms with E-state index >= 15 is 0 Å². The van der Waals surface area contributed by atoms with Crippen molar-refractivity contribution in [3.63, 3.8) is 0 Å². The Balaban J connectivity index is 1.89. The van der Waals surface area contributed by atoms with Crippen molar-refractivity contribution in [3.8, 4) is 0 Å². The summed E-state index contributed by atoms with van der Waals surface area (Å²) in [5.41, 5.74) is -0.493. The number of ether oxygens (including phenoxy) is 1. The largest absolute Gasteiger partial charge is 0.394 e. The zero-order valence-electron chi connectivity index (χ0n) is 8.29. The molecular formula is C10H17NO3. The van der Waals surface area contributed by atoms with E-state index in [1.54, 1.807) is 0 Å². The molecule has 0 aromatic heterocycles. The number of nitrogens with one attached hydrogen (secondary N) is 1. The number of aliphatic hydroxyl groups is 1. The molecule has 2 aliphatic rings. The van der Waals surface area contributed by atoms with Crippen molar-refractivity contribution in [3.05, 3.63) is 0 Å². The quantitative estimate of drug-likeness (QED) is 0.675. The molecule has 0 spiro atoms. The van der Waals surface area contributed by atoms with Crippen LogP contribution in [-0.4, -0.2) is 36.4 Å². The van der Waals surface area contributed by atoms with Crippen LogP contribution in [0.15, 0.2) is 0 Å². The molecule has 1 saturated heterocycles. The van der Waals surface area contributed by atoms with Gasteiger partial charge in [-0.1, -0.05) is 6.42 Å². The predicted molar refractivity (Wildman–Crippen MR) is 50.7 cm³/mol. The summed E-state index contributed by atoms with van der Waals surface area (Å²) in [4.78, 5) is 11.7. The van der Waals surface area contributed by atoms with Gasteiger partial charge in [0.2, 0.25) is 5.91 Å². The van der Waals surface area contributed by atoms with E-state index in [1.165, 1.54) is 0 Å². The molecule has 80 valence electrons. The van der Waals surface area contributed by atoms with Crippen LogP contribution in [0.4, 0.5) is 0 Å². The zero-order valence-corrected chi connectivity index (χ0v) is 8.29. The predicted octanol–water partition coefficient (Wildman–Crippen LogP) is 0.0541. The van der Waals surface area contributed by atoms with Crippen LogP contribution in [0.1, 0.15) is 25.7 Å². The third kappa shape index (κ3) is 1.77. The highest BCUT2D eigenvalue weighted by Gasteiger charge is 2.38. The molecule has 1 heterocycles. The summed E-state index contributed by atoms with van der Waals surface area (Å²) in [5.74, 6) is 0.273. The van der Waals surface area contributed by atoms with Crippen molar-refractivity contribution in [1.29, 1.82) is 0 Å². The molecule has 2 N–H and O–H groups in total. The van der Waals surface area contributed by atoms with Gasteiger partial charge in [-0.05, 0) is 19.3 Å². The molecule has 1 unspecified atom stereocenters. The molecule has 0 radical (unpaired) electrons. The highest BCUT2D eigenvalue weighted by atomic mass is 16.5. The third-order valence-electron chi connectivity index (χ3n) is 3.27. The SMILES string of the molecule is O=C(NC1(CO)CCOC1)C1CCC1. The topological polar surface area (TPSA) is 58.6 Å². The first kappa shape index (κ1) is 9.93. The van der Waals surface area contributed by atoms with E-state index in [9.17, 15) is 9.90 Å². The summed E-state index contributed by atoms with van der Waals surface area (Å²) in [6, 6.07) is 0. The molecule has 1 saturated carbocycles. The van der Waals surface area contributed by atoms with Crippen LogP contribution in [-0.2, 0) is 9.53 Å². The van der Waals surface area contributed by atoms with E-state index in [2.05, 4.69) is 5.32 Å². The van der Waals surface area contributed by atoms with E-state index in [0.29, 0.717) is 13.2 Å². The fourth-order valence-corrected chi connectivity index (χ4v) is 1.90. The summed E-state index contributed by atoms with van der Waals surface area (Å²) in [6.45, 7) is 1.05. The second-order valence-electron chi connectivity index (χ2n) is 4.36. The van der Waals surface area contributed by atoms with Gasteiger partial charge in [-0.2, -0.15) is 0 Å². The minimum atomic E-state index is -0.493. The van der Waals surface area contributed by atoms with Crippen LogP contribution in [0.25, 0.3) is 0 Å². The van der Waals surface area contributed by atoms with Crippen LogP contribution < -0.4 is 5.32 Å². The number of carbonyl (C=O) groups is 1. The monoisotopic (exact) mass is 199 g/mol. The van der Waals surface area contributed by atoms with Gasteiger partial charge < -0.3 is 15.2 Å². The highest BCUT2D eigenvalue weighted by molar-refractivity contribution is 5.80. The average molecular weight is 199 g/mol. The zero-order chi connectivity index (χ0) is 10.0. The Morgan fingerprint density at radius 3 is 2.79 bits per heavy atom. The minimum absolute atomic E-state index is 0.0224. The van der Waals surface area contributed by atoms with Gasteiger partial charge in [-0.25, -0.2) is 0 Å². The van der Waals surface area contributed by atoms with Crippen LogP contribution in [0, 0.1) is 5.92 Å². The average Bonchev–Trinajstić information content (AvgIpc) is 2.50. The van der Waals surface area contributed by atoms with Crippen molar-refractivity contribution >= 4 is 5.91 Å². The number of hydrogen-bond acceptors (Lipinski definition) is 3. The molecule has 4 nitrogen and oxygen atoms in total. The Kier molecular flexibility index (Phi) is 2.74. The lowest BCUT2D eigenvalue weighted by Gasteiger charge is -2.31. The number of hydrogen-bond donors (Lipinski definition) is 2. The molecule has 4 heteroatoms. The molecule has 2 rings (SSSR count). The fourth-order valence-electron chi connectivity index (χ4n) is 1.90. The lowest BCUT2D eigenvalue weighted by molar-refractivity contribution is -0.130. The number of amides is 1. The van der Waals surface area contributed by atoms with Crippen molar-refractivity contribution < 1.29 is 14.6 Å². The van der Waals surface area contributed by atoms with Crippen LogP contribution >= 0.6 is 0 Å². The van der Waals surface area contributed by atoms with Crippen molar-refractivity contribution in [1.82, 2.24) is 5.32 Å². The molecule has 0 bridgehead atoms. The summed E-state index contributed by atoms with van der Waals surface area (Å²) >= 11 is 0. The first-order valence-electron chi connectivity index (χ1n) is 5.26. The van der Waals surface area contributed by atoms with Crippen molar-refractivity contribution in [2.75, 3.05) is 19.8 Å². The lowest BCUT2D eigenvalue weighted by atomic mass is 9.84. The molecule has 1 amide bonds. The molecule has 1 atom stereocenters. The third-order valence-corrected chi connectivity index (χ3v) is 3.27. The molecule has 2 fully saturated rings. The summed E-state index contributed by atoms with van der Waals surface area (Å²) < 4.78 is 5.21. The van der Waals surface area contributed by atoms with E-state index in [-0.39, 0.29) is 18.4 Å². The summed E-state index contributed by atoms with van der Waals surface area (Å²) in [6.07, 6.45) is 3.87. The van der Waals surface area contributed by atoms with Crippen LogP contribution in [0.2, 0.25) is 0 Å². The normalized spacial score (nSPS) is 32.6. The maximum Gasteiger partial charge on any atom is 0.223 e. The molecule has 0 aromatic carbocycles. The Morgan fingerprint density at radius 1 is 1.57 bits per heavy atom. The Bertz CT molecular complexity index is 219. The summed E-state index contributed by atoms with van der Waals surface area (Å²) in [5, 5.41) is 12.2. The van der Waals surface area contributed by atoms with Crippen molar-refractivity contribution in [2.45, 2.75) is 31.2 Å². The lowest BCUT2D eigenvalue weighted by Crippen LogP contribution is -2.54. The van der Waals surface area contributed by atoms with Crippen LogP contribution in [0.5, 0.6) is 0 Å². The second-order valence-corrected chi connectivity index (χ2v) is 4.36. The van der Waals surface area contributed by atoms with Gasteiger partial charge >= 0.3 is 0 Å². The number of rotatable bonds is 3. The van der Waals surface area contributed by atoms with E-state index in [4.69, 9.17) is 4.74 Å². The van der Waals surface area contributed by atoms with E-state index < -0.39 is 5.54 Å². The van der Waals surface area contributed by atoms with Crippen molar-refractivity contribution in [2.24, 2.45) is 5.92 Å². The Morgan fingerprint density at radius 2 is 2.36 bits per heavy atom. The van der Waals surface area contributed by atoms with Crippen LogP contribution in [0.3, 0.4) is 0 Å². The Hall–Kier alpha value is -0.610. The van der Waals surface area contributed by atoms with Gasteiger partial charge in [0.15, 0.2) is 0 Å². The first-order chi connectivity index (χ1) is 6.76. The van der Waals surface area contributed by atoms with Gasteiger partial charge in [0, 0.05) is 12.5 Å². The molecule has 1 aliphatic heterocycles. The minimum Gasteiger partial charge on any atom is -0.394 e. The molecule has 14 heavy (non-hydrogen) atoms. The molecule has 0 aromatic rings. The van der Waals surface area contributed by atoms with Gasteiger partial charge in [-0.3, -0.25) is 4.79 Å². The standard InChI is InChI=1S/C10H17NO3/c12-6-10(4-5-14-7-10)11-9(13)8-2-1-3-8/h8,12H,1-7H2,(H,11,13). The van der Waals surface area contributed by atoms with Gasteiger partial charge in [-0.15, -0.1) is 0 Å². The molecule has 1 aliphatic carbocycles. The van der Waals surface area contributed by atoms with E-state index in [0.717, 1.165) is 25.7 Å². The van der Waals surface area contributed by atoms with E-state index in [1.807, 2.05) is 0 Å². The highest BCUT2D eigenvalue weighted by Crippen LogP contribution is 2.28. The first-order valence-corrected chi connectivity index (χ1v) is 5.26.